The van der Waals surface area contributed by atoms with E-state index in [1.807, 2.05) is 30.3 Å². The van der Waals surface area contributed by atoms with Crippen molar-refractivity contribution in [2.45, 2.75) is 11.8 Å². The summed E-state index contributed by atoms with van der Waals surface area (Å²) in [5, 5.41) is 0.859. The lowest BCUT2D eigenvalue weighted by Crippen LogP contribution is -2.07. The molecule has 3 heteroatoms. The zero-order valence-corrected chi connectivity index (χ0v) is 9.33. The summed E-state index contributed by atoms with van der Waals surface area (Å²) in [5.74, 6) is -0.307. The fourth-order valence-corrected chi connectivity index (χ4v) is 1.40. The maximum atomic E-state index is 10.5. The summed E-state index contributed by atoms with van der Waals surface area (Å²) < 4.78 is 0. The summed E-state index contributed by atoms with van der Waals surface area (Å²) in [6.45, 7) is 0. The van der Waals surface area contributed by atoms with Crippen LogP contribution < -0.4 is 5.73 Å². The van der Waals surface area contributed by atoms with Gasteiger partial charge in [0.15, 0.2) is 0 Å². The Hall–Kier alpha value is -1.09. The first-order valence-corrected chi connectivity index (χ1v) is 5.44. The zero-order valence-electron chi connectivity index (χ0n) is 7.74. The SMILES string of the molecule is NC(=O)CC=Cc1ccc(CBr)cc1. The molecule has 1 aromatic carbocycles. The summed E-state index contributed by atoms with van der Waals surface area (Å²) in [7, 11) is 0. The minimum absolute atomic E-state index is 0.292. The third-order valence-corrected chi connectivity index (χ3v) is 2.41. The van der Waals surface area contributed by atoms with Gasteiger partial charge in [0.1, 0.15) is 0 Å². The molecule has 0 aliphatic rings. The average molecular weight is 254 g/mol. The van der Waals surface area contributed by atoms with Crippen LogP contribution in [0, 0.1) is 0 Å². The second-order valence-electron chi connectivity index (χ2n) is 2.95. The molecule has 0 radical (unpaired) electrons. The fraction of sp³-hybridized carbons (Fsp3) is 0.182. The zero-order chi connectivity index (χ0) is 10.4. The van der Waals surface area contributed by atoms with E-state index in [1.165, 1.54) is 5.56 Å². The van der Waals surface area contributed by atoms with Gasteiger partial charge in [0.25, 0.3) is 0 Å². The smallest absolute Gasteiger partial charge is 0.221 e. The topological polar surface area (TPSA) is 43.1 Å². The second-order valence-corrected chi connectivity index (χ2v) is 3.51. The van der Waals surface area contributed by atoms with Crippen molar-refractivity contribution in [2.24, 2.45) is 5.73 Å². The van der Waals surface area contributed by atoms with Crippen LogP contribution in [0.15, 0.2) is 30.3 Å². The van der Waals surface area contributed by atoms with Crippen LogP contribution in [0.25, 0.3) is 6.08 Å². The normalized spacial score (nSPS) is 10.6. The molecule has 2 N–H and O–H groups in total. The summed E-state index contributed by atoms with van der Waals surface area (Å²) >= 11 is 3.37. The van der Waals surface area contributed by atoms with Crippen LogP contribution in [-0.4, -0.2) is 5.91 Å². The molecule has 0 atom stereocenters. The van der Waals surface area contributed by atoms with Gasteiger partial charge in [0.2, 0.25) is 5.91 Å². The monoisotopic (exact) mass is 253 g/mol. The van der Waals surface area contributed by atoms with Crippen LogP contribution in [0.1, 0.15) is 17.5 Å². The van der Waals surface area contributed by atoms with Crippen molar-refractivity contribution in [3.05, 3.63) is 41.5 Å². The van der Waals surface area contributed by atoms with Crippen molar-refractivity contribution >= 4 is 27.9 Å². The minimum Gasteiger partial charge on any atom is -0.369 e. The molecular formula is C11H12BrNO. The van der Waals surface area contributed by atoms with E-state index in [0.717, 1.165) is 10.9 Å². The van der Waals surface area contributed by atoms with E-state index in [2.05, 4.69) is 15.9 Å². The van der Waals surface area contributed by atoms with Gasteiger partial charge < -0.3 is 5.73 Å². The molecule has 0 aromatic heterocycles. The first kappa shape index (κ1) is 11.0. The largest absolute Gasteiger partial charge is 0.369 e. The number of primary amides is 1. The highest BCUT2D eigenvalue weighted by Gasteiger charge is 1.90. The number of benzene rings is 1. The van der Waals surface area contributed by atoms with Gasteiger partial charge >= 0.3 is 0 Å². The number of halogens is 1. The molecular weight excluding hydrogens is 242 g/mol. The molecule has 1 rings (SSSR count). The van der Waals surface area contributed by atoms with Crippen molar-refractivity contribution in [2.75, 3.05) is 0 Å². The molecule has 0 bridgehead atoms. The van der Waals surface area contributed by atoms with Crippen LogP contribution in [0.2, 0.25) is 0 Å². The lowest BCUT2D eigenvalue weighted by Gasteiger charge is -1.96. The number of rotatable bonds is 4. The summed E-state index contributed by atoms with van der Waals surface area (Å²) in [6.07, 6.45) is 3.95. The Morgan fingerprint density at radius 3 is 2.50 bits per heavy atom. The number of alkyl halides is 1. The highest BCUT2D eigenvalue weighted by atomic mass is 79.9. The van der Waals surface area contributed by atoms with Gasteiger partial charge in [-0.1, -0.05) is 52.3 Å². The molecule has 0 saturated heterocycles. The van der Waals surface area contributed by atoms with Gasteiger partial charge in [0, 0.05) is 11.8 Å². The van der Waals surface area contributed by atoms with E-state index < -0.39 is 0 Å². The molecule has 1 amide bonds. The standard InChI is InChI=1S/C11H12BrNO/c12-8-10-6-4-9(5-7-10)2-1-3-11(13)14/h1-2,4-7H,3,8H2,(H2,13,14). The first-order chi connectivity index (χ1) is 6.72. The van der Waals surface area contributed by atoms with E-state index in [0.29, 0.717) is 6.42 Å². The number of hydrogen-bond acceptors (Lipinski definition) is 1. The molecule has 14 heavy (non-hydrogen) atoms. The molecule has 0 fully saturated rings. The Morgan fingerprint density at radius 1 is 1.36 bits per heavy atom. The summed E-state index contributed by atoms with van der Waals surface area (Å²) in [6, 6.07) is 8.10. The first-order valence-electron chi connectivity index (χ1n) is 4.32. The average Bonchev–Trinajstić information content (AvgIpc) is 2.18. The van der Waals surface area contributed by atoms with Gasteiger partial charge in [-0.25, -0.2) is 0 Å². The van der Waals surface area contributed by atoms with E-state index in [-0.39, 0.29) is 5.91 Å². The lowest BCUT2D eigenvalue weighted by atomic mass is 10.1. The summed E-state index contributed by atoms with van der Waals surface area (Å²) in [4.78, 5) is 10.5. The van der Waals surface area contributed by atoms with Crippen molar-refractivity contribution < 1.29 is 4.79 Å². The van der Waals surface area contributed by atoms with E-state index in [9.17, 15) is 4.79 Å². The summed E-state index contributed by atoms with van der Waals surface area (Å²) in [5.41, 5.74) is 7.32. The van der Waals surface area contributed by atoms with Crippen LogP contribution in [0.4, 0.5) is 0 Å². The highest BCUT2D eigenvalue weighted by molar-refractivity contribution is 9.08. The predicted molar refractivity (Wildman–Crippen MR) is 61.9 cm³/mol. The number of hydrogen-bond donors (Lipinski definition) is 1. The van der Waals surface area contributed by atoms with Crippen molar-refractivity contribution in [3.63, 3.8) is 0 Å². The van der Waals surface area contributed by atoms with Gasteiger partial charge in [-0.15, -0.1) is 0 Å². The van der Waals surface area contributed by atoms with E-state index in [1.54, 1.807) is 6.08 Å². The molecule has 74 valence electrons. The minimum atomic E-state index is -0.307. The quantitative estimate of drug-likeness (QED) is 0.824. The van der Waals surface area contributed by atoms with Gasteiger partial charge in [0.05, 0.1) is 0 Å². The Labute approximate surface area is 91.9 Å². The van der Waals surface area contributed by atoms with E-state index in [4.69, 9.17) is 5.73 Å². The number of nitrogens with two attached hydrogens (primary N) is 1. The van der Waals surface area contributed by atoms with Gasteiger partial charge in [-0.3, -0.25) is 4.79 Å². The van der Waals surface area contributed by atoms with Crippen LogP contribution in [0.3, 0.4) is 0 Å². The third-order valence-electron chi connectivity index (χ3n) is 1.76. The van der Waals surface area contributed by atoms with Crippen molar-refractivity contribution in [1.82, 2.24) is 0 Å². The Morgan fingerprint density at radius 2 is 2.00 bits per heavy atom. The number of carbonyl (C=O) groups is 1. The van der Waals surface area contributed by atoms with Crippen molar-refractivity contribution in [3.8, 4) is 0 Å². The molecule has 0 unspecified atom stereocenters. The number of carbonyl (C=O) groups excluding carboxylic acids is 1. The molecule has 0 aliphatic carbocycles. The Bertz CT molecular complexity index is 330. The van der Waals surface area contributed by atoms with Gasteiger partial charge in [-0.2, -0.15) is 0 Å². The Balaban J connectivity index is 2.59. The molecule has 0 heterocycles. The lowest BCUT2D eigenvalue weighted by molar-refractivity contribution is -0.117. The van der Waals surface area contributed by atoms with Crippen LogP contribution in [-0.2, 0) is 10.1 Å². The van der Waals surface area contributed by atoms with Gasteiger partial charge in [-0.05, 0) is 11.1 Å². The number of amides is 1. The Kier molecular flexibility index (Phi) is 4.40. The molecule has 0 spiro atoms. The van der Waals surface area contributed by atoms with E-state index >= 15 is 0 Å². The molecule has 0 aliphatic heterocycles. The third kappa shape index (κ3) is 3.75. The maximum Gasteiger partial charge on any atom is 0.221 e. The second kappa shape index (κ2) is 5.60. The fourth-order valence-electron chi connectivity index (χ4n) is 1.03. The van der Waals surface area contributed by atoms with Crippen LogP contribution >= 0.6 is 15.9 Å². The van der Waals surface area contributed by atoms with Crippen molar-refractivity contribution in [1.29, 1.82) is 0 Å². The maximum absolute atomic E-state index is 10.5. The van der Waals surface area contributed by atoms with Crippen LogP contribution in [0.5, 0.6) is 0 Å². The molecule has 2 nitrogen and oxygen atoms in total. The molecule has 0 saturated carbocycles. The molecule has 1 aromatic rings. The predicted octanol–water partition coefficient (Wildman–Crippen LogP) is 2.47. The highest BCUT2D eigenvalue weighted by Crippen LogP contribution is 2.09.